The third-order valence-electron chi connectivity index (χ3n) is 4.59. The molecule has 124 valence electrons. The van der Waals surface area contributed by atoms with Gasteiger partial charge in [-0.15, -0.1) is 0 Å². The van der Waals surface area contributed by atoms with Gasteiger partial charge in [0.25, 0.3) is 0 Å². The second-order valence-electron chi connectivity index (χ2n) is 6.29. The number of hydrogen-bond donors (Lipinski definition) is 2. The summed E-state index contributed by atoms with van der Waals surface area (Å²) in [6, 6.07) is 1.94. The number of aromatic hydroxyl groups is 1. The topological polar surface area (TPSA) is 44.7 Å². The molecule has 0 saturated carbocycles. The van der Waals surface area contributed by atoms with Gasteiger partial charge in [0, 0.05) is 26.2 Å². The van der Waals surface area contributed by atoms with E-state index in [1.165, 1.54) is 32.5 Å². The molecule has 0 unspecified atom stereocenters. The fourth-order valence-electron chi connectivity index (χ4n) is 2.91. The fourth-order valence-corrected chi connectivity index (χ4v) is 2.91. The maximum atomic E-state index is 9.91. The van der Waals surface area contributed by atoms with Gasteiger partial charge in [0.05, 0.1) is 6.61 Å². The lowest BCUT2D eigenvalue weighted by atomic mass is 10.0. The molecule has 1 aromatic carbocycles. The molecule has 1 heterocycles. The van der Waals surface area contributed by atoms with Crippen molar-refractivity contribution in [2.75, 3.05) is 39.3 Å². The minimum atomic E-state index is 0.390. The van der Waals surface area contributed by atoms with Crippen LogP contribution >= 0.6 is 0 Å². The third kappa shape index (κ3) is 4.62. The number of rotatable bonds is 7. The Morgan fingerprint density at radius 1 is 1.09 bits per heavy atom. The Hall–Kier alpha value is -1.26. The highest BCUT2D eigenvalue weighted by Gasteiger charge is 2.10. The number of benzene rings is 1. The van der Waals surface area contributed by atoms with Gasteiger partial charge < -0.3 is 20.1 Å². The predicted octanol–water partition coefficient (Wildman–Crippen LogP) is 2.77. The molecule has 0 amide bonds. The first-order chi connectivity index (χ1) is 10.6. The highest BCUT2D eigenvalue weighted by molar-refractivity contribution is 5.51. The minimum absolute atomic E-state index is 0.390. The molecule has 1 aromatic rings. The van der Waals surface area contributed by atoms with Crippen LogP contribution in [0.2, 0.25) is 0 Å². The van der Waals surface area contributed by atoms with Crippen LogP contribution in [0, 0.1) is 20.8 Å². The summed E-state index contributed by atoms with van der Waals surface area (Å²) in [6.45, 7) is 12.5. The molecule has 4 heteroatoms. The van der Waals surface area contributed by atoms with Crippen molar-refractivity contribution in [1.29, 1.82) is 0 Å². The van der Waals surface area contributed by atoms with Gasteiger partial charge >= 0.3 is 0 Å². The molecule has 1 aliphatic heterocycles. The second-order valence-corrected chi connectivity index (χ2v) is 6.29. The molecule has 0 bridgehead atoms. The smallest absolute Gasteiger partial charge is 0.122 e. The van der Waals surface area contributed by atoms with Crippen molar-refractivity contribution in [2.45, 2.75) is 40.0 Å². The van der Waals surface area contributed by atoms with Crippen molar-refractivity contribution in [2.24, 2.45) is 0 Å². The van der Waals surface area contributed by atoms with Crippen LogP contribution in [0.25, 0.3) is 0 Å². The summed E-state index contributed by atoms with van der Waals surface area (Å²) in [7, 11) is 0. The van der Waals surface area contributed by atoms with E-state index in [1.54, 1.807) is 0 Å². The van der Waals surface area contributed by atoms with Crippen molar-refractivity contribution >= 4 is 0 Å². The van der Waals surface area contributed by atoms with E-state index in [1.807, 2.05) is 26.8 Å². The number of nitrogens with zero attached hydrogens (tertiary/aromatic N) is 1. The van der Waals surface area contributed by atoms with Gasteiger partial charge in [-0.25, -0.2) is 0 Å². The Bertz CT molecular complexity index is 482. The van der Waals surface area contributed by atoms with Crippen LogP contribution in [0.5, 0.6) is 11.5 Å². The quantitative estimate of drug-likeness (QED) is 0.760. The largest absolute Gasteiger partial charge is 0.507 e. The van der Waals surface area contributed by atoms with E-state index in [4.69, 9.17) is 4.74 Å². The summed E-state index contributed by atoms with van der Waals surface area (Å²) >= 11 is 0. The SMILES string of the molecule is Cc1cc(OCCCCCN2CCNCC2)c(C)c(C)c1O. The van der Waals surface area contributed by atoms with Crippen LogP contribution in [-0.2, 0) is 0 Å². The molecule has 0 aliphatic carbocycles. The van der Waals surface area contributed by atoms with Crippen LogP contribution in [0.15, 0.2) is 6.07 Å². The molecule has 2 N–H and O–H groups in total. The summed E-state index contributed by atoms with van der Waals surface area (Å²) < 4.78 is 5.91. The monoisotopic (exact) mass is 306 g/mol. The average Bonchev–Trinajstić information content (AvgIpc) is 2.54. The van der Waals surface area contributed by atoms with Gasteiger partial charge in [-0.3, -0.25) is 0 Å². The molecule has 22 heavy (non-hydrogen) atoms. The first kappa shape index (κ1) is 17.1. The number of unbranched alkanes of at least 4 members (excludes halogenated alkanes) is 2. The predicted molar refractivity (Wildman–Crippen MR) is 91.0 cm³/mol. The van der Waals surface area contributed by atoms with Crippen molar-refractivity contribution < 1.29 is 9.84 Å². The van der Waals surface area contributed by atoms with Crippen molar-refractivity contribution in [3.05, 3.63) is 22.8 Å². The van der Waals surface area contributed by atoms with Gasteiger partial charge in [-0.1, -0.05) is 0 Å². The Morgan fingerprint density at radius 2 is 1.82 bits per heavy atom. The summed E-state index contributed by atoms with van der Waals surface area (Å²) in [5, 5.41) is 13.3. The number of aryl methyl sites for hydroxylation is 1. The lowest BCUT2D eigenvalue weighted by Crippen LogP contribution is -2.43. The molecule has 0 spiro atoms. The normalized spacial score (nSPS) is 16.0. The van der Waals surface area contributed by atoms with Crippen LogP contribution < -0.4 is 10.1 Å². The molecular formula is C18H30N2O2. The Balaban J connectivity index is 1.66. The maximum Gasteiger partial charge on any atom is 0.122 e. The van der Waals surface area contributed by atoms with Crippen LogP contribution in [0.4, 0.5) is 0 Å². The molecule has 1 saturated heterocycles. The van der Waals surface area contributed by atoms with Crippen molar-refractivity contribution in [3.8, 4) is 11.5 Å². The molecule has 1 fully saturated rings. The Kier molecular flexibility index (Phi) is 6.52. The van der Waals surface area contributed by atoms with Gasteiger partial charge in [-0.05, 0) is 69.3 Å². The van der Waals surface area contributed by atoms with E-state index in [0.29, 0.717) is 5.75 Å². The van der Waals surface area contributed by atoms with Crippen LogP contribution in [0.1, 0.15) is 36.0 Å². The molecule has 0 radical (unpaired) electrons. The summed E-state index contributed by atoms with van der Waals surface area (Å²) in [6.07, 6.45) is 3.54. The number of ether oxygens (including phenoxy) is 1. The summed E-state index contributed by atoms with van der Waals surface area (Å²) in [5.41, 5.74) is 2.86. The van der Waals surface area contributed by atoms with Crippen molar-refractivity contribution in [1.82, 2.24) is 10.2 Å². The second kappa shape index (κ2) is 8.39. The highest BCUT2D eigenvalue weighted by Crippen LogP contribution is 2.32. The first-order valence-corrected chi connectivity index (χ1v) is 8.45. The molecular weight excluding hydrogens is 276 g/mol. The van der Waals surface area contributed by atoms with Gasteiger partial charge in [0.1, 0.15) is 11.5 Å². The molecule has 0 aromatic heterocycles. The molecule has 4 nitrogen and oxygen atoms in total. The highest BCUT2D eigenvalue weighted by atomic mass is 16.5. The third-order valence-corrected chi connectivity index (χ3v) is 4.59. The molecule has 2 rings (SSSR count). The van der Waals surface area contributed by atoms with E-state index in [0.717, 1.165) is 48.6 Å². The van der Waals surface area contributed by atoms with E-state index >= 15 is 0 Å². The number of piperazine rings is 1. The van der Waals surface area contributed by atoms with Crippen LogP contribution in [0.3, 0.4) is 0 Å². The zero-order valence-corrected chi connectivity index (χ0v) is 14.2. The summed E-state index contributed by atoms with van der Waals surface area (Å²) in [5.74, 6) is 1.30. The number of nitrogens with one attached hydrogen (secondary N) is 1. The lowest BCUT2D eigenvalue weighted by Gasteiger charge is -2.27. The maximum absolute atomic E-state index is 9.91. The van der Waals surface area contributed by atoms with E-state index in [2.05, 4.69) is 10.2 Å². The van der Waals surface area contributed by atoms with Crippen LogP contribution in [-0.4, -0.2) is 49.3 Å². The fraction of sp³-hybridized carbons (Fsp3) is 0.667. The average molecular weight is 306 g/mol. The van der Waals surface area contributed by atoms with E-state index in [9.17, 15) is 5.11 Å². The van der Waals surface area contributed by atoms with E-state index in [-0.39, 0.29) is 0 Å². The standard InChI is InChI=1S/C18H30N2O2/c1-14-13-17(15(2)16(3)18(14)21)22-12-6-4-5-9-20-10-7-19-8-11-20/h13,19,21H,4-12H2,1-3H3. The summed E-state index contributed by atoms with van der Waals surface area (Å²) in [4.78, 5) is 2.54. The Morgan fingerprint density at radius 3 is 2.55 bits per heavy atom. The Labute approximate surface area is 134 Å². The van der Waals surface area contributed by atoms with Gasteiger partial charge in [0.2, 0.25) is 0 Å². The number of phenols is 1. The zero-order valence-electron chi connectivity index (χ0n) is 14.2. The van der Waals surface area contributed by atoms with E-state index < -0.39 is 0 Å². The van der Waals surface area contributed by atoms with Crippen molar-refractivity contribution in [3.63, 3.8) is 0 Å². The van der Waals surface area contributed by atoms with Gasteiger partial charge in [0.15, 0.2) is 0 Å². The zero-order chi connectivity index (χ0) is 15.9. The number of hydrogen-bond acceptors (Lipinski definition) is 4. The van der Waals surface area contributed by atoms with Gasteiger partial charge in [-0.2, -0.15) is 0 Å². The number of phenolic OH excluding ortho intramolecular Hbond substituents is 1. The lowest BCUT2D eigenvalue weighted by molar-refractivity contribution is 0.231. The molecule has 0 atom stereocenters. The minimum Gasteiger partial charge on any atom is -0.507 e. The molecule has 1 aliphatic rings. The first-order valence-electron chi connectivity index (χ1n) is 8.45.